The highest BCUT2D eigenvalue weighted by Crippen LogP contribution is 2.19. The second-order valence-electron chi connectivity index (χ2n) is 14.2. The molecule has 1 rings (SSSR count). The van der Waals surface area contributed by atoms with Gasteiger partial charge in [-0.25, -0.2) is 0 Å². The van der Waals surface area contributed by atoms with Crippen molar-refractivity contribution in [2.45, 2.75) is 194 Å². The zero-order valence-electron chi connectivity index (χ0n) is 30.8. The van der Waals surface area contributed by atoms with E-state index in [9.17, 15) is 0 Å². The van der Waals surface area contributed by atoms with E-state index in [2.05, 4.69) is 43.5 Å². The fraction of sp³-hybridized carbons (Fsp3) is 0.905. The van der Waals surface area contributed by atoms with Crippen LogP contribution in [0.5, 0.6) is 0 Å². The van der Waals surface area contributed by atoms with Crippen molar-refractivity contribution in [1.82, 2.24) is 5.32 Å². The summed E-state index contributed by atoms with van der Waals surface area (Å²) in [6.45, 7) is 10.4. The summed E-state index contributed by atoms with van der Waals surface area (Å²) in [6.07, 6.45) is 47.7. The largest absolute Gasteiger partial charge is 0.381 e. The lowest BCUT2D eigenvalue weighted by Gasteiger charge is -2.18. The monoisotopic (exact) mass is 632 g/mol. The molecular weight excluding hydrogens is 550 g/mol. The van der Waals surface area contributed by atoms with Gasteiger partial charge in [-0.2, -0.15) is 0 Å². The quantitative estimate of drug-likeness (QED) is 0.0551. The fourth-order valence-electron chi connectivity index (χ4n) is 6.55. The molecule has 1 saturated heterocycles. The van der Waals surface area contributed by atoms with Crippen LogP contribution in [-0.2, 0) is 9.47 Å². The number of ether oxygens (including phenoxy) is 2. The van der Waals surface area contributed by atoms with E-state index in [0.717, 1.165) is 39.5 Å². The molecule has 1 aliphatic rings. The molecule has 1 heterocycles. The van der Waals surface area contributed by atoms with E-state index in [-0.39, 0.29) is 0 Å². The van der Waals surface area contributed by atoms with Gasteiger partial charge in [-0.15, -0.1) is 0 Å². The van der Waals surface area contributed by atoms with Gasteiger partial charge in [0.15, 0.2) is 0 Å². The molecule has 0 radical (unpaired) electrons. The van der Waals surface area contributed by atoms with Crippen molar-refractivity contribution in [2.24, 2.45) is 11.8 Å². The first-order chi connectivity index (χ1) is 22.4. The molecule has 3 nitrogen and oxygen atoms in total. The number of unbranched alkanes of at least 4 members (excludes halogenated alkanes) is 24. The van der Waals surface area contributed by atoms with Gasteiger partial charge < -0.3 is 14.8 Å². The third kappa shape index (κ3) is 30.4. The van der Waals surface area contributed by atoms with Crippen LogP contribution in [0.4, 0.5) is 0 Å². The average Bonchev–Trinajstić information content (AvgIpc) is 3.50. The fourth-order valence-corrected chi connectivity index (χ4v) is 6.55. The summed E-state index contributed by atoms with van der Waals surface area (Å²) in [5.41, 5.74) is 0. The van der Waals surface area contributed by atoms with Gasteiger partial charge in [0.1, 0.15) is 0 Å². The van der Waals surface area contributed by atoms with E-state index >= 15 is 0 Å². The van der Waals surface area contributed by atoms with Crippen molar-refractivity contribution < 1.29 is 9.47 Å². The van der Waals surface area contributed by atoms with Crippen LogP contribution in [0.25, 0.3) is 0 Å². The maximum absolute atomic E-state index is 6.10. The van der Waals surface area contributed by atoms with E-state index in [1.807, 2.05) is 0 Å². The van der Waals surface area contributed by atoms with Crippen molar-refractivity contribution in [2.75, 3.05) is 39.5 Å². The number of nitrogens with one attached hydrogen (secondary N) is 1. The molecule has 1 unspecified atom stereocenters. The van der Waals surface area contributed by atoms with Crippen LogP contribution < -0.4 is 5.32 Å². The van der Waals surface area contributed by atoms with Gasteiger partial charge in [0.2, 0.25) is 0 Å². The van der Waals surface area contributed by atoms with Crippen molar-refractivity contribution in [3.05, 3.63) is 24.3 Å². The van der Waals surface area contributed by atoms with Gasteiger partial charge in [0, 0.05) is 38.1 Å². The smallest absolute Gasteiger partial charge is 0.0510 e. The highest BCUT2D eigenvalue weighted by Gasteiger charge is 2.27. The number of rotatable bonds is 36. The molecule has 0 amide bonds. The van der Waals surface area contributed by atoms with Crippen LogP contribution in [0.15, 0.2) is 24.3 Å². The van der Waals surface area contributed by atoms with Crippen LogP contribution in [-0.4, -0.2) is 39.5 Å². The Morgan fingerprint density at radius 2 is 0.689 bits per heavy atom. The lowest BCUT2D eigenvalue weighted by Crippen LogP contribution is -2.23. The van der Waals surface area contributed by atoms with E-state index in [1.54, 1.807) is 0 Å². The van der Waals surface area contributed by atoms with Gasteiger partial charge in [-0.1, -0.05) is 154 Å². The molecule has 45 heavy (non-hydrogen) atoms. The number of hydrogen-bond donors (Lipinski definition) is 1. The van der Waals surface area contributed by atoms with E-state index < -0.39 is 0 Å². The first kappa shape index (κ1) is 42.4. The van der Waals surface area contributed by atoms with Crippen LogP contribution in [0, 0.1) is 11.8 Å². The molecule has 0 saturated carbocycles. The topological polar surface area (TPSA) is 30.5 Å². The second-order valence-corrected chi connectivity index (χ2v) is 14.2. The summed E-state index contributed by atoms with van der Waals surface area (Å²) < 4.78 is 12.2. The lowest BCUT2D eigenvalue weighted by molar-refractivity contribution is 0.0482. The Hall–Kier alpha value is -0.640. The van der Waals surface area contributed by atoms with E-state index in [0.29, 0.717) is 11.8 Å². The molecule has 3 heteroatoms. The van der Waals surface area contributed by atoms with Crippen molar-refractivity contribution in [1.29, 1.82) is 0 Å². The molecule has 0 aromatic heterocycles. The number of allylic oxidation sites excluding steroid dienone is 4. The molecule has 1 fully saturated rings. The summed E-state index contributed by atoms with van der Waals surface area (Å²) in [6, 6.07) is 0. The lowest BCUT2D eigenvalue weighted by atomic mass is 9.98. The summed E-state index contributed by atoms with van der Waals surface area (Å²) in [4.78, 5) is 0. The maximum Gasteiger partial charge on any atom is 0.0510 e. The molecule has 0 aromatic carbocycles. The summed E-state index contributed by atoms with van der Waals surface area (Å²) in [5.74, 6) is 1.25. The Morgan fingerprint density at radius 1 is 0.400 bits per heavy atom. The van der Waals surface area contributed by atoms with Gasteiger partial charge in [-0.3, -0.25) is 0 Å². The predicted octanol–water partition coefficient (Wildman–Crippen LogP) is 12.9. The molecule has 0 aromatic rings. The van der Waals surface area contributed by atoms with Crippen molar-refractivity contribution in [3.63, 3.8) is 0 Å². The highest BCUT2D eigenvalue weighted by atomic mass is 16.5. The van der Waals surface area contributed by atoms with Crippen LogP contribution >= 0.6 is 0 Å². The SMILES string of the molecule is CCCCCCCCC=CCCCCCCCCOCC1CNC[C@H]1COCCCCCCCCC=CCCCCCCCC. The third-order valence-corrected chi connectivity index (χ3v) is 9.74. The average molecular weight is 632 g/mol. The minimum Gasteiger partial charge on any atom is -0.381 e. The molecule has 0 spiro atoms. The Kier molecular flexibility index (Phi) is 34.1. The summed E-state index contributed by atoms with van der Waals surface area (Å²) in [7, 11) is 0. The maximum atomic E-state index is 6.10. The molecule has 0 bridgehead atoms. The Bertz CT molecular complexity index is 566. The molecule has 2 atom stereocenters. The zero-order chi connectivity index (χ0) is 32.1. The molecular formula is C42H81NO2. The summed E-state index contributed by atoms with van der Waals surface area (Å²) >= 11 is 0. The minimum atomic E-state index is 0.624. The Balaban J connectivity index is 1.80. The first-order valence-corrected chi connectivity index (χ1v) is 20.5. The normalized spacial score (nSPS) is 17.0. The predicted molar refractivity (Wildman–Crippen MR) is 200 cm³/mol. The van der Waals surface area contributed by atoms with Crippen molar-refractivity contribution in [3.8, 4) is 0 Å². The zero-order valence-corrected chi connectivity index (χ0v) is 30.8. The molecule has 0 aliphatic carbocycles. The number of hydrogen-bond acceptors (Lipinski definition) is 3. The van der Waals surface area contributed by atoms with Gasteiger partial charge >= 0.3 is 0 Å². The van der Waals surface area contributed by atoms with E-state index in [1.165, 1.54) is 180 Å². The van der Waals surface area contributed by atoms with Crippen LogP contribution in [0.1, 0.15) is 194 Å². The van der Waals surface area contributed by atoms with Gasteiger partial charge in [0.25, 0.3) is 0 Å². The summed E-state index contributed by atoms with van der Waals surface area (Å²) in [5, 5.41) is 3.57. The molecule has 266 valence electrons. The van der Waals surface area contributed by atoms with E-state index in [4.69, 9.17) is 9.47 Å². The third-order valence-electron chi connectivity index (χ3n) is 9.74. The van der Waals surface area contributed by atoms with Gasteiger partial charge in [0.05, 0.1) is 13.2 Å². The Morgan fingerprint density at radius 3 is 1.02 bits per heavy atom. The molecule has 1 aliphatic heterocycles. The van der Waals surface area contributed by atoms with Crippen LogP contribution in [0.2, 0.25) is 0 Å². The van der Waals surface area contributed by atoms with Crippen molar-refractivity contribution >= 4 is 0 Å². The standard InChI is InChI=1S/C42H81NO2/c1-3-5-7-9-11-13-15-17-19-21-23-25-27-29-31-33-35-44-39-41-37-43-38-42(41)40-45-36-34-32-30-28-26-24-22-20-18-16-14-12-10-8-6-4-2/h17-20,41-43H,3-16,21-40H2,1-2H3/t41-,42?/m0/s1. The second kappa shape index (κ2) is 36.2. The minimum absolute atomic E-state index is 0.624. The highest BCUT2D eigenvalue weighted by molar-refractivity contribution is 4.82. The molecule has 1 N–H and O–H groups in total. The van der Waals surface area contributed by atoms with Crippen LogP contribution in [0.3, 0.4) is 0 Å². The first-order valence-electron chi connectivity index (χ1n) is 20.5. The Labute approximate surface area is 283 Å². The van der Waals surface area contributed by atoms with Gasteiger partial charge in [-0.05, 0) is 64.2 Å².